The van der Waals surface area contributed by atoms with Gasteiger partial charge in [0.1, 0.15) is 4.88 Å². The average Bonchev–Trinajstić information content (AvgIpc) is 2.70. The first-order valence-corrected chi connectivity index (χ1v) is 6.09. The molecular formula is C10H15N3O3S. The van der Waals surface area contributed by atoms with E-state index in [1.165, 1.54) is 0 Å². The molecule has 0 spiro atoms. The van der Waals surface area contributed by atoms with Crippen molar-refractivity contribution in [3.8, 4) is 0 Å². The SMILES string of the molecule is Cc1nnsc1C(=O)NCCCC(C)C(=O)O. The lowest BCUT2D eigenvalue weighted by Gasteiger charge is -2.06. The molecular weight excluding hydrogens is 242 g/mol. The second kappa shape index (κ2) is 6.29. The van der Waals surface area contributed by atoms with Gasteiger partial charge in [-0.05, 0) is 31.3 Å². The molecule has 1 aromatic rings. The smallest absolute Gasteiger partial charge is 0.306 e. The van der Waals surface area contributed by atoms with Crippen LogP contribution in [0.4, 0.5) is 0 Å². The van der Waals surface area contributed by atoms with Crippen LogP contribution < -0.4 is 5.32 Å². The van der Waals surface area contributed by atoms with Crippen LogP contribution in [-0.2, 0) is 4.79 Å². The standard InChI is InChI=1S/C10H15N3O3S/c1-6(10(15)16)4-3-5-11-9(14)8-7(2)12-13-17-8/h6H,3-5H2,1-2H3,(H,11,14)(H,15,16). The zero-order valence-corrected chi connectivity index (χ0v) is 10.6. The largest absolute Gasteiger partial charge is 0.481 e. The number of nitrogens with one attached hydrogen (secondary N) is 1. The van der Waals surface area contributed by atoms with Gasteiger partial charge in [0.25, 0.3) is 5.91 Å². The summed E-state index contributed by atoms with van der Waals surface area (Å²) in [6, 6.07) is 0. The Morgan fingerprint density at radius 2 is 2.24 bits per heavy atom. The van der Waals surface area contributed by atoms with Gasteiger partial charge in [-0.15, -0.1) is 5.10 Å². The summed E-state index contributed by atoms with van der Waals surface area (Å²) in [6.45, 7) is 3.85. The molecule has 1 heterocycles. The predicted octanol–water partition coefficient (Wildman–Crippen LogP) is 1.08. The van der Waals surface area contributed by atoms with E-state index >= 15 is 0 Å². The Morgan fingerprint density at radius 3 is 2.76 bits per heavy atom. The van der Waals surface area contributed by atoms with E-state index in [1.807, 2.05) is 0 Å². The van der Waals surface area contributed by atoms with Crippen LogP contribution in [0, 0.1) is 12.8 Å². The zero-order chi connectivity index (χ0) is 12.8. The Kier molecular flexibility index (Phi) is 5.02. The molecule has 6 nitrogen and oxygen atoms in total. The summed E-state index contributed by atoms with van der Waals surface area (Å²) in [6.07, 6.45) is 1.19. The van der Waals surface area contributed by atoms with Gasteiger partial charge in [0.2, 0.25) is 0 Å². The molecule has 0 saturated heterocycles. The lowest BCUT2D eigenvalue weighted by molar-refractivity contribution is -0.141. The highest BCUT2D eigenvalue weighted by Crippen LogP contribution is 2.09. The minimum Gasteiger partial charge on any atom is -0.481 e. The van der Waals surface area contributed by atoms with Gasteiger partial charge in [0.15, 0.2) is 0 Å². The summed E-state index contributed by atoms with van der Waals surface area (Å²) >= 11 is 1.06. The number of carboxylic acid groups (broad SMARTS) is 1. The Hall–Kier alpha value is -1.50. The molecule has 0 saturated carbocycles. The summed E-state index contributed by atoms with van der Waals surface area (Å²) in [5.41, 5.74) is 0.617. The number of carboxylic acids is 1. The summed E-state index contributed by atoms with van der Waals surface area (Å²) < 4.78 is 3.68. The highest BCUT2D eigenvalue weighted by Gasteiger charge is 2.13. The van der Waals surface area contributed by atoms with Crippen molar-refractivity contribution in [3.63, 3.8) is 0 Å². The molecule has 17 heavy (non-hydrogen) atoms. The molecule has 0 aliphatic rings. The van der Waals surface area contributed by atoms with E-state index in [0.29, 0.717) is 30.0 Å². The van der Waals surface area contributed by atoms with E-state index in [-0.39, 0.29) is 11.8 Å². The number of rotatable bonds is 6. The maximum Gasteiger partial charge on any atom is 0.306 e. The number of aryl methyl sites for hydroxylation is 1. The molecule has 1 amide bonds. The van der Waals surface area contributed by atoms with Crippen molar-refractivity contribution in [2.45, 2.75) is 26.7 Å². The Morgan fingerprint density at radius 1 is 1.53 bits per heavy atom. The average molecular weight is 257 g/mol. The van der Waals surface area contributed by atoms with Crippen LogP contribution in [0.5, 0.6) is 0 Å². The van der Waals surface area contributed by atoms with E-state index in [4.69, 9.17) is 5.11 Å². The Bertz CT molecular complexity index is 405. The maximum atomic E-state index is 11.6. The van der Waals surface area contributed by atoms with Gasteiger partial charge in [0, 0.05) is 6.54 Å². The van der Waals surface area contributed by atoms with E-state index in [2.05, 4.69) is 14.9 Å². The van der Waals surface area contributed by atoms with Crippen LogP contribution >= 0.6 is 11.5 Å². The number of hydrogen-bond donors (Lipinski definition) is 2. The summed E-state index contributed by atoms with van der Waals surface area (Å²) in [5.74, 6) is -1.38. The molecule has 7 heteroatoms. The molecule has 0 aliphatic heterocycles. The van der Waals surface area contributed by atoms with Crippen LogP contribution in [0.25, 0.3) is 0 Å². The molecule has 1 unspecified atom stereocenters. The fraction of sp³-hybridized carbons (Fsp3) is 0.600. The van der Waals surface area contributed by atoms with Crippen LogP contribution in [0.15, 0.2) is 0 Å². The third kappa shape index (κ3) is 4.10. The number of carbonyl (C=O) groups excluding carboxylic acids is 1. The predicted molar refractivity (Wildman–Crippen MR) is 63.0 cm³/mol. The van der Waals surface area contributed by atoms with Gasteiger partial charge in [-0.3, -0.25) is 9.59 Å². The number of carbonyl (C=O) groups is 2. The van der Waals surface area contributed by atoms with Gasteiger partial charge >= 0.3 is 5.97 Å². The third-order valence-corrected chi connectivity index (χ3v) is 3.21. The molecule has 94 valence electrons. The summed E-state index contributed by atoms with van der Waals surface area (Å²) in [5, 5.41) is 15.1. The van der Waals surface area contributed by atoms with Crippen molar-refractivity contribution in [1.29, 1.82) is 0 Å². The van der Waals surface area contributed by atoms with Crippen LogP contribution in [0.2, 0.25) is 0 Å². The quantitative estimate of drug-likeness (QED) is 0.744. The second-order valence-electron chi connectivity index (χ2n) is 3.82. The third-order valence-electron chi connectivity index (χ3n) is 2.38. The summed E-state index contributed by atoms with van der Waals surface area (Å²) in [4.78, 5) is 22.7. The fourth-order valence-electron chi connectivity index (χ4n) is 1.25. The Balaban J connectivity index is 2.26. The number of amides is 1. The minimum atomic E-state index is -0.807. The van der Waals surface area contributed by atoms with Crippen molar-refractivity contribution in [3.05, 3.63) is 10.6 Å². The van der Waals surface area contributed by atoms with Crippen molar-refractivity contribution in [1.82, 2.24) is 14.9 Å². The van der Waals surface area contributed by atoms with Crippen LogP contribution in [0.1, 0.15) is 35.1 Å². The molecule has 2 N–H and O–H groups in total. The number of aromatic nitrogens is 2. The van der Waals surface area contributed by atoms with Gasteiger partial charge in [-0.25, -0.2) is 0 Å². The van der Waals surface area contributed by atoms with Crippen LogP contribution in [-0.4, -0.2) is 33.1 Å². The first-order valence-electron chi connectivity index (χ1n) is 5.32. The Labute approximate surface area is 103 Å². The first kappa shape index (κ1) is 13.6. The molecule has 0 bridgehead atoms. The molecule has 0 aliphatic carbocycles. The number of nitrogens with zero attached hydrogens (tertiary/aromatic N) is 2. The van der Waals surface area contributed by atoms with E-state index in [9.17, 15) is 9.59 Å². The molecule has 0 radical (unpaired) electrons. The highest BCUT2D eigenvalue weighted by molar-refractivity contribution is 7.07. The minimum absolute atomic E-state index is 0.194. The van der Waals surface area contributed by atoms with E-state index in [0.717, 1.165) is 11.5 Å². The van der Waals surface area contributed by atoms with Gasteiger partial charge in [-0.1, -0.05) is 11.4 Å². The van der Waals surface area contributed by atoms with E-state index in [1.54, 1.807) is 13.8 Å². The van der Waals surface area contributed by atoms with Crippen molar-refractivity contribution in [2.75, 3.05) is 6.54 Å². The van der Waals surface area contributed by atoms with Crippen LogP contribution in [0.3, 0.4) is 0 Å². The highest BCUT2D eigenvalue weighted by atomic mass is 32.1. The van der Waals surface area contributed by atoms with Gasteiger partial charge < -0.3 is 10.4 Å². The lowest BCUT2D eigenvalue weighted by Crippen LogP contribution is -2.25. The maximum absolute atomic E-state index is 11.6. The van der Waals surface area contributed by atoms with Gasteiger partial charge in [-0.2, -0.15) is 0 Å². The fourth-order valence-corrected chi connectivity index (χ4v) is 1.83. The van der Waals surface area contributed by atoms with Gasteiger partial charge in [0.05, 0.1) is 11.6 Å². The topological polar surface area (TPSA) is 92.2 Å². The monoisotopic (exact) mass is 257 g/mol. The molecule has 1 rings (SSSR count). The summed E-state index contributed by atoms with van der Waals surface area (Å²) in [7, 11) is 0. The normalized spacial score (nSPS) is 12.1. The zero-order valence-electron chi connectivity index (χ0n) is 9.77. The molecule has 0 aromatic carbocycles. The number of aliphatic carboxylic acids is 1. The van der Waals surface area contributed by atoms with Crippen molar-refractivity contribution < 1.29 is 14.7 Å². The first-order chi connectivity index (χ1) is 8.02. The lowest BCUT2D eigenvalue weighted by atomic mass is 10.1. The van der Waals surface area contributed by atoms with Crippen molar-refractivity contribution >= 4 is 23.4 Å². The molecule has 1 aromatic heterocycles. The molecule has 0 fully saturated rings. The number of hydrogen-bond acceptors (Lipinski definition) is 5. The van der Waals surface area contributed by atoms with E-state index < -0.39 is 5.97 Å². The molecule has 1 atom stereocenters. The van der Waals surface area contributed by atoms with Crippen molar-refractivity contribution in [2.24, 2.45) is 5.92 Å². The second-order valence-corrected chi connectivity index (χ2v) is 4.58.